The molecular formula is C16H17N3O3S. The van der Waals surface area contributed by atoms with Crippen molar-refractivity contribution in [3.8, 4) is 0 Å². The summed E-state index contributed by atoms with van der Waals surface area (Å²) in [6, 6.07) is 6.26. The molecule has 120 valence electrons. The fourth-order valence-electron chi connectivity index (χ4n) is 2.67. The zero-order valence-electron chi connectivity index (χ0n) is 12.6. The summed E-state index contributed by atoms with van der Waals surface area (Å²) in [7, 11) is 0. The summed E-state index contributed by atoms with van der Waals surface area (Å²) in [5.74, 6) is -0.263. The second-order valence-electron chi connectivity index (χ2n) is 5.56. The lowest BCUT2D eigenvalue weighted by Gasteiger charge is -2.20. The highest BCUT2D eigenvalue weighted by atomic mass is 32.2. The van der Waals surface area contributed by atoms with E-state index < -0.39 is 4.92 Å². The summed E-state index contributed by atoms with van der Waals surface area (Å²) < 4.78 is 0. The number of aliphatic imine (C=N–C) groups is 1. The maximum Gasteiger partial charge on any atom is 0.286 e. The molecule has 0 N–H and O–H groups in total. The molecule has 1 saturated heterocycles. The number of amidine groups is 1. The van der Waals surface area contributed by atoms with Gasteiger partial charge in [0.05, 0.1) is 9.83 Å². The van der Waals surface area contributed by atoms with Gasteiger partial charge >= 0.3 is 0 Å². The fraction of sp³-hybridized carbons (Fsp3) is 0.375. The summed E-state index contributed by atoms with van der Waals surface area (Å²) in [5, 5.41) is 11.6. The van der Waals surface area contributed by atoms with Gasteiger partial charge in [-0.15, -0.1) is 0 Å². The predicted octanol–water partition coefficient (Wildman–Crippen LogP) is 3.44. The zero-order valence-corrected chi connectivity index (χ0v) is 13.4. The van der Waals surface area contributed by atoms with Crippen molar-refractivity contribution in [1.82, 2.24) is 4.90 Å². The number of benzene rings is 1. The van der Waals surface area contributed by atoms with Crippen LogP contribution in [0.2, 0.25) is 0 Å². The molecule has 0 spiro atoms. The first-order valence-electron chi connectivity index (χ1n) is 7.65. The number of hydrogen-bond acceptors (Lipinski definition) is 5. The van der Waals surface area contributed by atoms with Crippen molar-refractivity contribution < 1.29 is 9.72 Å². The first-order valence-corrected chi connectivity index (χ1v) is 8.47. The van der Waals surface area contributed by atoms with Crippen LogP contribution in [0.5, 0.6) is 0 Å². The highest BCUT2D eigenvalue weighted by Crippen LogP contribution is 2.31. The van der Waals surface area contributed by atoms with Crippen LogP contribution in [0.3, 0.4) is 0 Å². The Morgan fingerprint density at radius 2 is 1.96 bits per heavy atom. The molecule has 0 bridgehead atoms. The van der Waals surface area contributed by atoms with E-state index >= 15 is 0 Å². The average molecular weight is 331 g/mol. The number of nitrogens with zero attached hydrogens (tertiary/aromatic N) is 3. The number of amides is 1. The van der Waals surface area contributed by atoms with Crippen LogP contribution in [-0.4, -0.2) is 34.0 Å². The molecule has 0 aliphatic carbocycles. The number of carbonyl (C=O) groups is 1. The van der Waals surface area contributed by atoms with Gasteiger partial charge in [-0.25, -0.2) is 0 Å². The molecule has 2 heterocycles. The van der Waals surface area contributed by atoms with Crippen LogP contribution >= 0.6 is 11.8 Å². The quantitative estimate of drug-likeness (QED) is 0.471. The first kappa shape index (κ1) is 15.7. The first-order chi connectivity index (χ1) is 11.1. The third kappa shape index (κ3) is 3.79. The molecule has 1 amide bonds. The van der Waals surface area contributed by atoms with Gasteiger partial charge in [0.1, 0.15) is 0 Å². The number of hydrogen-bond donors (Lipinski definition) is 0. The largest absolute Gasteiger partial charge is 0.351 e. The Hall–Kier alpha value is -2.15. The Labute approximate surface area is 138 Å². The lowest BCUT2D eigenvalue weighted by molar-refractivity contribution is -0.384. The van der Waals surface area contributed by atoms with Gasteiger partial charge in [0.25, 0.3) is 11.6 Å². The highest BCUT2D eigenvalue weighted by Gasteiger charge is 2.26. The molecular weight excluding hydrogens is 314 g/mol. The standard InChI is InChI=1S/C16H17N3O3S/c20-15-14(11-12-6-5-7-13(10-12)19(21)22)23-16(17-15)18-8-3-1-2-4-9-18/h5-7,10-11H,1-4,8-9H2/b14-11+. The molecule has 1 aromatic rings. The van der Waals surface area contributed by atoms with Gasteiger partial charge in [-0.3, -0.25) is 14.9 Å². The van der Waals surface area contributed by atoms with Crippen LogP contribution in [0.25, 0.3) is 6.08 Å². The number of thioether (sulfide) groups is 1. The Morgan fingerprint density at radius 3 is 2.65 bits per heavy atom. The molecule has 0 aromatic heterocycles. The van der Waals surface area contributed by atoms with E-state index in [1.165, 1.54) is 36.7 Å². The third-order valence-electron chi connectivity index (χ3n) is 3.86. The molecule has 1 fully saturated rings. The number of non-ortho nitro benzene ring substituents is 1. The SMILES string of the molecule is O=C1N=C(N2CCCCCC2)S/C1=C/c1cccc([N+](=O)[O-])c1. The monoisotopic (exact) mass is 331 g/mol. The normalized spacial score (nSPS) is 20.5. The average Bonchev–Trinajstić information content (AvgIpc) is 2.76. The van der Waals surface area contributed by atoms with E-state index in [1.807, 2.05) is 0 Å². The second kappa shape index (κ2) is 6.95. The third-order valence-corrected chi connectivity index (χ3v) is 4.91. The molecule has 0 unspecified atom stereocenters. The fourth-order valence-corrected chi connectivity index (χ4v) is 3.64. The van der Waals surface area contributed by atoms with E-state index in [-0.39, 0.29) is 11.6 Å². The topological polar surface area (TPSA) is 75.8 Å². The molecule has 2 aliphatic rings. The number of nitro groups is 1. The second-order valence-corrected chi connectivity index (χ2v) is 6.57. The van der Waals surface area contributed by atoms with Crippen molar-refractivity contribution in [2.75, 3.05) is 13.1 Å². The molecule has 2 aliphatic heterocycles. The van der Waals surface area contributed by atoms with Crippen LogP contribution in [-0.2, 0) is 4.79 Å². The Balaban J connectivity index is 1.76. The molecule has 3 rings (SSSR count). The van der Waals surface area contributed by atoms with E-state index in [0.717, 1.165) is 31.1 Å². The Kier molecular flexibility index (Phi) is 4.76. The number of likely N-dealkylation sites (tertiary alicyclic amines) is 1. The zero-order chi connectivity index (χ0) is 16.2. The van der Waals surface area contributed by atoms with Crippen molar-refractivity contribution in [3.05, 3.63) is 44.8 Å². The summed E-state index contributed by atoms with van der Waals surface area (Å²) in [6.45, 7) is 1.87. The Bertz CT molecular complexity index is 692. The van der Waals surface area contributed by atoms with Crippen LogP contribution in [0.4, 0.5) is 5.69 Å². The van der Waals surface area contributed by atoms with Crippen LogP contribution in [0, 0.1) is 10.1 Å². The van der Waals surface area contributed by atoms with Gasteiger partial charge < -0.3 is 4.90 Å². The van der Waals surface area contributed by atoms with Gasteiger partial charge in [0.15, 0.2) is 5.17 Å². The summed E-state index contributed by atoms with van der Waals surface area (Å²) in [6.07, 6.45) is 6.36. The molecule has 7 heteroatoms. The maximum atomic E-state index is 12.1. The van der Waals surface area contributed by atoms with E-state index in [9.17, 15) is 14.9 Å². The van der Waals surface area contributed by atoms with Crippen molar-refractivity contribution in [3.63, 3.8) is 0 Å². The van der Waals surface area contributed by atoms with Crippen molar-refractivity contribution in [1.29, 1.82) is 0 Å². The van der Waals surface area contributed by atoms with Crippen molar-refractivity contribution >= 4 is 34.6 Å². The maximum absolute atomic E-state index is 12.1. The van der Waals surface area contributed by atoms with Crippen LogP contribution in [0.1, 0.15) is 31.2 Å². The highest BCUT2D eigenvalue weighted by molar-refractivity contribution is 8.18. The van der Waals surface area contributed by atoms with Crippen LogP contribution in [0.15, 0.2) is 34.2 Å². The smallest absolute Gasteiger partial charge is 0.286 e. The van der Waals surface area contributed by atoms with Gasteiger partial charge in [-0.2, -0.15) is 4.99 Å². The van der Waals surface area contributed by atoms with Gasteiger partial charge in [-0.05, 0) is 36.2 Å². The van der Waals surface area contributed by atoms with Gasteiger partial charge in [-0.1, -0.05) is 25.0 Å². The summed E-state index contributed by atoms with van der Waals surface area (Å²) >= 11 is 1.36. The molecule has 23 heavy (non-hydrogen) atoms. The summed E-state index contributed by atoms with van der Waals surface area (Å²) in [5.41, 5.74) is 0.658. The lowest BCUT2D eigenvalue weighted by Crippen LogP contribution is -2.28. The predicted molar refractivity (Wildman–Crippen MR) is 91.1 cm³/mol. The van der Waals surface area contributed by atoms with E-state index in [1.54, 1.807) is 18.2 Å². The number of carbonyl (C=O) groups excluding carboxylic acids is 1. The van der Waals surface area contributed by atoms with Gasteiger partial charge in [0.2, 0.25) is 0 Å². The van der Waals surface area contributed by atoms with Gasteiger partial charge in [0, 0.05) is 25.2 Å². The minimum atomic E-state index is -0.440. The minimum Gasteiger partial charge on any atom is -0.351 e. The van der Waals surface area contributed by atoms with Crippen LogP contribution < -0.4 is 0 Å². The molecule has 0 saturated carbocycles. The van der Waals surface area contributed by atoms with Crippen molar-refractivity contribution in [2.45, 2.75) is 25.7 Å². The molecule has 1 aromatic carbocycles. The number of rotatable bonds is 2. The molecule has 0 atom stereocenters. The number of nitro benzene ring substituents is 1. The van der Waals surface area contributed by atoms with E-state index in [0.29, 0.717) is 10.5 Å². The van der Waals surface area contributed by atoms with Crippen molar-refractivity contribution in [2.24, 2.45) is 4.99 Å². The lowest BCUT2D eigenvalue weighted by atomic mass is 10.2. The van der Waals surface area contributed by atoms with E-state index in [2.05, 4.69) is 9.89 Å². The molecule has 6 nitrogen and oxygen atoms in total. The minimum absolute atomic E-state index is 0.0171. The summed E-state index contributed by atoms with van der Waals surface area (Å²) in [4.78, 5) is 29.3. The van der Waals surface area contributed by atoms with E-state index in [4.69, 9.17) is 0 Å². The Morgan fingerprint density at radius 1 is 1.22 bits per heavy atom. The molecule has 0 radical (unpaired) electrons.